The van der Waals surface area contributed by atoms with E-state index in [9.17, 15) is 18.0 Å². The lowest BCUT2D eigenvalue weighted by Gasteiger charge is -2.20. The van der Waals surface area contributed by atoms with Gasteiger partial charge in [0.05, 0.1) is 20.5 Å². The molecule has 150 valence electrons. The van der Waals surface area contributed by atoms with Crippen LogP contribution in [0.5, 0.6) is 0 Å². The Labute approximate surface area is 177 Å². The number of anilines is 1. The van der Waals surface area contributed by atoms with Gasteiger partial charge >= 0.3 is 5.97 Å². The van der Waals surface area contributed by atoms with E-state index in [1.807, 2.05) is 0 Å². The second-order valence-electron chi connectivity index (χ2n) is 5.91. The highest BCUT2D eigenvalue weighted by Crippen LogP contribution is 2.25. The Kier molecular flexibility index (Phi) is 6.36. The number of ether oxygens (including phenoxy) is 1. The fourth-order valence-corrected chi connectivity index (χ4v) is 4.87. The highest BCUT2D eigenvalue weighted by molar-refractivity contribution is 7.92. The van der Waals surface area contributed by atoms with Gasteiger partial charge in [-0.3, -0.25) is 9.10 Å². The van der Waals surface area contributed by atoms with Crippen molar-refractivity contribution in [1.29, 1.82) is 0 Å². The number of halogens is 1. The van der Waals surface area contributed by atoms with E-state index < -0.39 is 28.4 Å². The molecule has 0 unspecified atom stereocenters. The Morgan fingerprint density at radius 2 is 1.66 bits per heavy atom. The number of ketones is 1. The normalized spacial score (nSPS) is 11.1. The summed E-state index contributed by atoms with van der Waals surface area (Å²) in [5.41, 5.74) is 0.299. The second kappa shape index (κ2) is 8.77. The van der Waals surface area contributed by atoms with Crippen LogP contribution < -0.4 is 4.31 Å². The zero-order valence-corrected chi connectivity index (χ0v) is 17.6. The van der Waals surface area contributed by atoms with Gasteiger partial charge in [-0.15, -0.1) is 11.3 Å². The van der Waals surface area contributed by atoms with Crippen molar-refractivity contribution in [3.63, 3.8) is 0 Å². The maximum Gasteiger partial charge on any atom is 0.339 e. The number of para-hydroxylation sites is 1. The first-order chi connectivity index (χ1) is 13.8. The number of nitrogens with zero attached hydrogens (tertiary/aromatic N) is 1. The molecule has 0 aliphatic carbocycles. The Bertz CT molecular complexity index is 1140. The third-order valence-electron chi connectivity index (χ3n) is 4.05. The number of carbonyl (C=O) groups excluding carboxylic acids is 2. The molecule has 0 N–H and O–H groups in total. The van der Waals surface area contributed by atoms with Crippen LogP contribution in [0.25, 0.3) is 0 Å². The van der Waals surface area contributed by atoms with Gasteiger partial charge in [0, 0.05) is 7.05 Å². The Hall–Kier alpha value is -2.68. The molecule has 0 saturated carbocycles. The van der Waals surface area contributed by atoms with Crippen molar-refractivity contribution in [2.75, 3.05) is 18.0 Å². The van der Waals surface area contributed by atoms with E-state index in [0.29, 0.717) is 14.9 Å². The zero-order valence-electron chi connectivity index (χ0n) is 15.2. The number of hydrogen-bond donors (Lipinski definition) is 0. The molecule has 3 rings (SSSR count). The van der Waals surface area contributed by atoms with E-state index in [0.717, 1.165) is 15.6 Å². The van der Waals surface area contributed by atoms with E-state index >= 15 is 0 Å². The average molecular weight is 450 g/mol. The lowest BCUT2D eigenvalue weighted by atomic mass is 10.2. The van der Waals surface area contributed by atoms with Gasteiger partial charge in [0.1, 0.15) is 4.90 Å². The molecule has 2 aromatic carbocycles. The molecule has 6 nitrogen and oxygen atoms in total. The number of sulfonamides is 1. The molecule has 0 atom stereocenters. The Morgan fingerprint density at radius 1 is 1.00 bits per heavy atom. The third-order valence-corrected chi connectivity index (χ3v) is 7.16. The lowest BCUT2D eigenvalue weighted by Crippen LogP contribution is -2.28. The largest absolute Gasteiger partial charge is 0.454 e. The van der Waals surface area contributed by atoms with Gasteiger partial charge in [0.2, 0.25) is 5.78 Å². The van der Waals surface area contributed by atoms with E-state index in [1.165, 1.54) is 37.4 Å². The molecule has 1 heterocycles. The predicted octanol–water partition coefficient (Wildman–Crippen LogP) is 4.27. The van der Waals surface area contributed by atoms with Crippen molar-refractivity contribution in [2.24, 2.45) is 0 Å². The van der Waals surface area contributed by atoms with Crippen LogP contribution >= 0.6 is 22.9 Å². The number of thiophene rings is 1. The van der Waals surface area contributed by atoms with E-state index in [4.69, 9.17) is 16.3 Å². The highest BCUT2D eigenvalue weighted by atomic mass is 35.5. The summed E-state index contributed by atoms with van der Waals surface area (Å²) < 4.78 is 32.7. The fraction of sp³-hybridized carbons (Fsp3) is 0.100. The summed E-state index contributed by atoms with van der Waals surface area (Å²) in [7, 11) is -2.62. The lowest BCUT2D eigenvalue weighted by molar-refractivity contribution is 0.0472. The molecule has 0 saturated heterocycles. The van der Waals surface area contributed by atoms with Crippen LogP contribution in [0.15, 0.2) is 71.6 Å². The van der Waals surface area contributed by atoms with Crippen molar-refractivity contribution in [1.82, 2.24) is 0 Å². The van der Waals surface area contributed by atoms with Crippen LogP contribution in [-0.2, 0) is 14.8 Å². The van der Waals surface area contributed by atoms with Crippen LogP contribution in [0.2, 0.25) is 4.34 Å². The number of esters is 1. The predicted molar refractivity (Wildman–Crippen MR) is 112 cm³/mol. The summed E-state index contributed by atoms with van der Waals surface area (Å²) in [6, 6.07) is 17.3. The smallest absolute Gasteiger partial charge is 0.339 e. The van der Waals surface area contributed by atoms with Crippen LogP contribution in [0.4, 0.5) is 5.69 Å². The van der Waals surface area contributed by atoms with Gasteiger partial charge < -0.3 is 4.74 Å². The SMILES string of the molecule is CN(c1ccccc1)S(=O)(=O)c1ccccc1C(=O)OCC(=O)c1ccc(Cl)s1. The van der Waals surface area contributed by atoms with Gasteiger partial charge in [-0.05, 0) is 36.4 Å². The topological polar surface area (TPSA) is 80.8 Å². The van der Waals surface area contributed by atoms with Gasteiger partial charge in [0.15, 0.2) is 6.61 Å². The van der Waals surface area contributed by atoms with Crippen molar-refractivity contribution in [3.05, 3.63) is 81.5 Å². The fourth-order valence-electron chi connectivity index (χ4n) is 2.53. The number of carbonyl (C=O) groups is 2. The van der Waals surface area contributed by atoms with E-state index in [1.54, 1.807) is 36.4 Å². The molecule has 29 heavy (non-hydrogen) atoms. The second-order valence-corrected chi connectivity index (χ2v) is 9.56. The number of benzene rings is 2. The van der Waals surface area contributed by atoms with Crippen molar-refractivity contribution >= 4 is 50.4 Å². The summed E-state index contributed by atoms with van der Waals surface area (Å²) in [5.74, 6) is -1.32. The minimum absolute atomic E-state index is 0.146. The first-order valence-electron chi connectivity index (χ1n) is 8.39. The summed E-state index contributed by atoms with van der Waals surface area (Å²) >= 11 is 6.88. The van der Waals surface area contributed by atoms with E-state index in [2.05, 4.69) is 0 Å². The quantitative estimate of drug-likeness (QED) is 0.397. The molecule has 0 amide bonds. The van der Waals surface area contributed by atoms with Gasteiger partial charge in [-0.2, -0.15) is 0 Å². The first kappa shape index (κ1) is 21.0. The molecule has 0 aliphatic rings. The molecule has 0 radical (unpaired) electrons. The molecule has 9 heteroatoms. The highest BCUT2D eigenvalue weighted by Gasteiger charge is 2.27. The number of Topliss-reactive ketones (excluding diaryl/α,β-unsaturated/α-hetero) is 1. The van der Waals surface area contributed by atoms with Gasteiger partial charge in [-0.25, -0.2) is 13.2 Å². The van der Waals surface area contributed by atoms with Crippen molar-refractivity contribution < 1.29 is 22.7 Å². The Balaban J connectivity index is 1.82. The molecular formula is C20H16ClNO5S2. The molecule has 1 aromatic heterocycles. The van der Waals surface area contributed by atoms with Crippen molar-refractivity contribution in [3.8, 4) is 0 Å². The minimum Gasteiger partial charge on any atom is -0.454 e. The third kappa shape index (κ3) is 4.67. The van der Waals surface area contributed by atoms with Crippen LogP contribution in [0.1, 0.15) is 20.0 Å². The molecule has 0 bridgehead atoms. The van der Waals surface area contributed by atoms with Crippen LogP contribution in [-0.4, -0.2) is 33.8 Å². The molecular weight excluding hydrogens is 434 g/mol. The monoisotopic (exact) mass is 449 g/mol. The maximum atomic E-state index is 13.1. The summed E-state index contributed by atoms with van der Waals surface area (Å²) in [6.45, 7) is -0.515. The average Bonchev–Trinajstić information content (AvgIpc) is 3.18. The summed E-state index contributed by atoms with van der Waals surface area (Å²) in [6.07, 6.45) is 0. The van der Waals surface area contributed by atoms with Gasteiger partial charge in [0.25, 0.3) is 10.0 Å². The maximum absolute atomic E-state index is 13.1. The minimum atomic E-state index is -4.02. The number of hydrogen-bond acceptors (Lipinski definition) is 6. The van der Waals surface area contributed by atoms with Gasteiger partial charge in [-0.1, -0.05) is 41.9 Å². The first-order valence-corrected chi connectivity index (χ1v) is 11.0. The van der Waals surface area contributed by atoms with Crippen molar-refractivity contribution in [2.45, 2.75) is 4.90 Å². The van der Waals surface area contributed by atoms with Crippen LogP contribution in [0.3, 0.4) is 0 Å². The summed E-state index contributed by atoms with van der Waals surface area (Å²) in [5, 5.41) is 0. The Morgan fingerprint density at radius 3 is 2.31 bits per heavy atom. The summed E-state index contributed by atoms with van der Waals surface area (Å²) in [4.78, 5) is 24.8. The van der Waals surface area contributed by atoms with E-state index in [-0.39, 0.29) is 10.5 Å². The molecule has 0 spiro atoms. The van der Waals surface area contributed by atoms with Crippen LogP contribution in [0, 0.1) is 0 Å². The zero-order chi connectivity index (χ0) is 21.0. The standard InChI is InChI=1S/C20H16ClNO5S2/c1-22(14-7-3-2-4-8-14)29(25,26)18-10-6-5-9-15(18)20(24)27-13-16(23)17-11-12-19(21)28-17/h2-12H,13H2,1H3. The number of rotatable bonds is 7. The molecule has 0 fully saturated rings. The molecule has 3 aromatic rings. The molecule has 0 aliphatic heterocycles.